The number of pyridine rings is 1. The van der Waals surface area contributed by atoms with E-state index in [4.69, 9.17) is 11.6 Å². The van der Waals surface area contributed by atoms with E-state index in [0.29, 0.717) is 11.6 Å². The number of nitrogens with one attached hydrogen (secondary N) is 2. The molecule has 1 amide bonds. The molecule has 9 heteroatoms. The average molecular weight is 483 g/mol. The molecule has 4 rings (SSSR count). The zero-order chi connectivity index (χ0) is 23.8. The summed E-state index contributed by atoms with van der Waals surface area (Å²) in [5.74, 6) is -1.06. The highest BCUT2D eigenvalue weighted by atomic mass is 35.5. The normalized spacial score (nSPS) is 11.5. The first-order valence-corrected chi connectivity index (χ1v) is 11.8. The summed E-state index contributed by atoms with van der Waals surface area (Å²) in [6.07, 6.45) is 0. The van der Waals surface area contributed by atoms with E-state index in [2.05, 4.69) is 10.3 Å². The van der Waals surface area contributed by atoms with E-state index < -0.39 is 26.0 Å². The van der Waals surface area contributed by atoms with Crippen LogP contribution >= 0.6 is 11.6 Å². The third kappa shape index (κ3) is 4.48. The van der Waals surface area contributed by atoms with Gasteiger partial charge >= 0.3 is 0 Å². The number of hydrogen-bond donors (Lipinski definition) is 3. The molecule has 0 fully saturated rings. The van der Waals surface area contributed by atoms with Gasteiger partial charge in [0.2, 0.25) is 9.84 Å². The van der Waals surface area contributed by atoms with Crippen molar-refractivity contribution < 1.29 is 18.3 Å². The maximum Gasteiger partial charge on any atom is 0.271 e. The van der Waals surface area contributed by atoms with Crippen LogP contribution in [-0.4, -0.2) is 24.4 Å². The molecule has 0 atom stereocenters. The number of carbonyl (C=O) groups excluding carboxylic acids is 1. The highest BCUT2D eigenvalue weighted by Gasteiger charge is 2.27. The molecule has 4 aromatic rings. The zero-order valence-electron chi connectivity index (χ0n) is 17.4. The van der Waals surface area contributed by atoms with Gasteiger partial charge in [-0.05, 0) is 55.0 Å². The maximum absolute atomic E-state index is 13.0. The Bertz CT molecular complexity index is 1530. The summed E-state index contributed by atoms with van der Waals surface area (Å²) in [6.45, 7) is 2.29. The lowest BCUT2D eigenvalue weighted by Gasteiger charge is -2.10. The number of benzene rings is 3. The number of aromatic hydroxyl groups is 1. The molecule has 168 valence electrons. The highest BCUT2D eigenvalue weighted by Crippen LogP contribution is 2.32. The molecule has 0 bridgehead atoms. The predicted molar refractivity (Wildman–Crippen MR) is 125 cm³/mol. The minimum Gasteiger partial charge on any atom is -0.506 e. The Balaban J connectivity index is 1.67. The molecule has 3 N–H and O–H groups in total. The van der Waals surface area contributed by atoms with Crippen LogP contribution in [0.2, 0.25) is 5.02 Å². The molecule has 0 aliphatic carbocycles. The predicted octanol–water partition coefficient (Wildman–Crippen LogP) is 3.96. The monoisotopic (exact) mass is 482 g/mol. The molecule has 0 radical (unpaired) electrons. The van der Waals surface area contributed by atoms with Crippen molar-refractivity contribution in [2.45, 2.75) is 23.3 Å². The van der Waals surface area contributed by atoms with Crippen LogP contribution in [0.15, 0.2) is 81.3 Å². The van der Waals surface area contributed by atoms with Crippen molar-refractivity contribution in [2.75, 3.05) is 0 Å². The molecule has 0 aliphatic heterocycles. The number of amides is 1. The van der Waals surface area contributed by atoms with Gasteiger partial charge in [-0.2, -0.15) is 0 Å². The van der Waals surface area contributed by atoms with Crippen molar-refractivity contribution in [2.24, 2.45) is 0 Å². The second-order valence-corrected chi connectivity index (χ2v) is 9.84. The second kappa shape index (κ2) is 8.73. The van der Waals surface area contributed by atoms with Gasteiger partial charge in [0.25, 0.3) is 11.5 Å². The topological polar surface area (TPSA) is 116 Å². The number of halogens is 1. The van der Waals surface area contributed by atoms with E-state index in [-0.39, 0.29) is 27.3 Å². The summed E-state index contributed by atoms with van der Waals surface area (Å²) in [5.41, 5.74) is 1.43. The van der Waals surface area contributed by atoms with Crippen LogP contribution in [0, 0.1) is 6.92 Å². The number of carbonyl (C=O) groups is 1. The highest BCUT2D eigenvalue weighted by molar-refractivity contribution is 7.91. The van der Waals surface area contributed by atoms with Gasteiger partial charge in [-0.25, -0.2) is 8.42 Å². The van der Waals surface area contributed by atoms with Crippen LogP contribution in [0.5, 0.6) is 5.75 Å². The molecular formula is C24H19ClN2O5S. The van der Waals surface area contributed by atoms with E-state index in [1.807, 2.05) is 31.2 Å². The Morgan fingerprint density at radius 2 is 1.70 bits per heavy atom. The molecule has 7 nitrogen and oxygen atoms in total. The average Bonchev–Trinajstić information content (AvgIpc) is 2.78. The summed E-state index contributed by atoms with van der Waals surface area (Å²) in [4.78, 5) is 26.7. The van der Waals surface area contributed by atoms with E-state index in [9.17, 15) is 23.1 Å². The van der Waals surface area contributed by atoms with Crippen LogP contribution in [0.3, 0.4) is 0 Å². The largest absolute Gasteiger partial charge is 0.506 e. The van der Waals surface area contributed by atoms with Crippen LogP contribution in [0.1, 0.15) is 21.5 Å². The van der Waals surface area contributed by atoms with Gasteiger partial charge in [0.15, 0.2) is 4.90 Å². The van der Waals surface area contributed by atoms with Gasteiger partial charge < -0.3 is 15.4 Å². The number of sulfone groups is 1. The number of aromatic amines is 1. The molecule has 0 spiro atoms. The summed E-state index contributed by atoms with van der Waals surface area (Å²) >= 11 is 5.81. The first-order chi connectivity index (χ1) is 15.7. The minimum atomic E-state index is -4.31. The quantitative estimate of drug-likeness (QED) is 0.398. The first kappa shape index (κ1) is 22.6. The van der Waals surface area contributed by atoms with Crippen molar-refractivity contribution in [1.29, 1.82) is 0 Å². The number of fused-ring (bicyclic) bond motifs is 1. The number of aromatic nitrogens is 1. The van der Waals surface area contributed by atoms with Crippen molar-refractivity contribution in [1.82, 2.24) is 10.3 Å². The van der Waals surface area contributed by atoms with Crippen LogP contribution in [0.25, 0.3) is 10.9 Å². The van der Waals surface area contributed by atoms with E-state index in [1.165, 1.54) is 42.5 Å². The molecular weight excluding hydrogens is 464 g/mol. The van der Waals surface area contributed by atoms with Gasteiger partial charge in [-0.15, -0.1) is 0 Å². The van der Waals surface area contributed by atoms with Gasteiger partial charge in [0.05, 0.1) is 10.4 Å². The smallest absolute Gasteiger partial charge is 0.271 e. The number of rotatable bonds is 5. The van der Waals surface area contributed by atoms with Gasteiger partial charge in [0.1, 0.15) is 5.75 Å². The lowest BCUT2D eigenvalue weighted by Crippen LogP contribution is -2.23. The molecule has 1 aromatic heterocycles. The second-order valence-electron chi connectivity index (χ2n) is 7.52. The SMILES string of the molecule is Cc1ccc(CNC(=O)c2ccc3c(O)c(S(=O)(=O)c4ccc(Cl)cc4)c(=O)[nH]c3c2)cc1. The lowest BCUT2D eigenvalue weighted by molar-refractivity contribution is 0.0951. The standard InChI is InChI=1S/C24H19ClN2O5S/c1-14-2-4-15(5-3-14)13-26-23(29)16-6-11-19-20(12-16)27-24(30)22(21(19)28)33(31,32)18-9-7-17(25)8-10-18/h2-12H,13H2,1H3,(H,26,29)(H2,27,28,30). The third-order valence-electron chi connectivity index (χ3n) is 5.17. The molecule has 3 aromatic carbocycles. The fourth-order valence-electron chi connectivity index (χ4n) is 3.38. The molecule has 0 unspecified atom stereocenters. The van der Waals surface area contributed by atoms with Crippen LogP contribution in [-0.2, 0) is 16.4 Å². The molecule has 0 aliphatic rings. The fourth-order valence-corrected chi connectivity index (χ4v) is 4.89. The third-order valence-corrected chi connectivity index (χ3v) is 7.23. The summed E-state index contributed by atoms with van der Waals surface area (Å²) < 4.78 is 25.9. The van der Waals surface area contributed by atoms with E-state index >= 15 is 0 Å². The van der Waals surface area contributed by atoms with Crippen molar-refractivity contribution in [3.05, 3.63) is 98.8 Å². The Kier molecular flexibility index (Phi) is 5.97. The minimum absolute atomic E-state index is 0.0947. The number of aryl methyl sites for hydroxylation is 1. The van der Waals surface area contributed by atoms with Crippen LogP contribution < -0.4 is 10.9 Å². The number of hydrogen-bond acceptors (Lipinski definition) is 5. The van der Waals surface area contributed by atoms with Gasteiger partial charge in [0, 0.05) is 22.5 Å². The Labute approximate surface area is 194 Å². The van der Waals surface area contributed by atoms with Crippen molar-refractivity contribution >= 4 is 38.2 Å². The molecule has 0 saturated heterocycles. The molecule has 33 heavy (non-hydrogen) atoms. The Morgan fingerprint density at radius 1 is 1.03 bits per heavy atom. The number of H-pyrrole nitrogens is 1. The van der Waals surface area contributed by atoms with E-state index in [0.717, 1.165) is 11.1 Å². The van der Waals surface area contributed by atoms with Crippen molar-refractivity contribution in [3.8, 4) is 5.75 Å². The zero-order valence-corrected chi connectivity index (χ0v) is 19.0. The summed E-state index contributed by atoms with van der Waals surface area (Å²) in [6, 6.07) is 17.2. The fraction of sp³-hybridized carbons (Fsp3) is 0.0833. The molecule has 1 heterocycles. The van der Waals surface area contributed by atoms with Gasteiger partial charge in [-0.3, -0.25) is 9.59 Å². The van der Waals surface area contributed by atoms with Gasteiger partial charge in [-0.1, -0.05) is 41.4 Å². The Morgan fingerprint density at radius 3 is 2.36 bits per heavy atom. The summed E-state index contributed by atoms with van der Waals surface area (Å²) in [7, 11) is -4.31. The van der Waals surface area contributed by atoms with Crippen LogP contribution in [0.4, 0.5) is 0 Å². The molecule has 0 saturated carbocycles. The van der Waals surface area contributed by atoms with Crippen molar-refractivity contribution in [3.63, 3.8) is 0 Å². The first-order valence-electron chi connectivity index (χ1n) is 9.90. The Hall–Kier alpha value is -3.62. The summed E-state index contributed by atoms with van der Waals surface area (Å²) in [5, 5.41) is 13.9. The lowest BCUT2D eigenvalue weighted by atomic mass is 10.1. The van der Waals surface area contributed by atoms with E-state index in [1.54, 1.807) is 0 Å². The maximum atomic E-state index is 13.0.